The summed E-state index contributed by atoms with van der Waals surface area (Å²) in [7, 11) is 0. The zero-order valence-electron chi connectivity index (χ0n) is 11.2. The molecule has 0 unspecified atom stereocenters. The highest BCUT2D eigenvalue weighted by Gasteiger charge is 2.32. The Hall–Kier alpha value is -0.870. The quantitative estimate of drug-likeness (QED) is 0.653. The Labute approximate surface area is 109 Å². The van der Waals surface area contributed by atoms with Gasteiger partial charge >= 0.3 is 0 Å². The molecule has 2 rings (SSSR count). The van der Waals surface area contributed by atoms with Gasteiger partial charge < -0.3 is 15.7 Å². The normalized spacial score (nSPS) is 22.2. The molecule has 0 bridgehead atoms. The molecule has 0 aromatic heterocycles. The van der Waals surface area contributed by atoms with Crippen molar-refractivity contribution in [3.63, 3.8) is 0 Å². The molecule has 4 nitrogen and oxygen atoms in total. The number of nitrogens with one attached hydrogen (secondary N) is 2. The summed E-state index contributed by atoms with van der Waals surface area (Å²) in [5.41, 5.74) is 1.98. The summed E-state index contributed by atoms with van der Waals surface area (Å²) in [4.78, 5) is 12.0. The predicted molar refractivity (Wildman–Crippen MR) is 71.2 cm³/mol. The molecule has 0 radical (unpaired) electrons. The maximum Gasteiger partial charge on any atom is 0.246 e. The van der Waals surface area contributed by atoms with Gasteiger partial charge in [-0.15, -0.1) is 0 Å². The van der Waals surface area contributed by atoms with Crippen molar-refractivity contribution in [2.24, 2.45) is 5.41 Å². The highest BCUT2D eigenvalue weighted by atomic mass is 16.3. The minimum Gasteiger partial charge on any atom is -0.396 e. The van der Waals surface area contributed by atoms with Crippen LogP contribution in [0.25, 0.3) is 0 Å². The van der Waals surface area contributed by atoms with Crippen LogP contribution in [0, 0.1) is 5.41 Å². The average Bonchev–Trinajstić information content (AvgIpc) is 2.35. The monoisotopic (exact) mass is 252 g/mol. The highest BCUT2D eigenvalue weighted by Crippen LogP contribution is 2.35. The number of carbonyl (C=O) groups is 1. The van der Waals surface area contributed by atoms with Gasteiger partial charge in [0, 0.05) is 30.6 Å². The number of hydrogen-bond acceptors (Lipinski definition) is 3. The van der Waals surface area contributed by atoms with Gasteiger partial charge in [0.15, 0.2) is 0 Å². The van der Waals surface area contributed by atoms with Crippen LogP contribution in [0.1, 0.15) is 39.0 Å². The van der Waals surface area contributed by atoms with Gasteiger partial charge in [0.05, 0.1) is 6.61 Å². The van der Waals surface area contributed by atoms with E-state index in [1.54, 1.807) is 0 Å². The molecule has 1 aliphatic heterocycles. The average molecular weight is 252 g/mol. The lowest BCUT2D eigenvalue weighted by molar-refractivity contribution is -0.118. The Morgan fingerprint density at radius 3 is 2.50 bits per heavy atom. The first-order chi connectivity index (χ1) is 8.67. The molecule has 4 heteroatoms. The Morgan fingerprint density at radius 2 is 2.00 bits per heavy atom. The van der Waals surface area contributed by atoms with Crippen LogP contribution in [0.3, 0.4) is 0 Å². The minimum atomic E-state index is -0.0727. The van der Waals surface area contributed by atoms with Crippen LogP contribution in [0.2, 0.25) is 0 Å². The Balaban J connectivity index is 1.87. The Morgan fingerprint density at radius 1 is 1.33 bits per heavy atom. The number of carbonyl (C=O) groups excluding carboxylic acids is 1. The molecule has 0 atom stereocenters. The molecular formula is C14H24N2O2. The van der Waals surface area contributed by atoms with Crippen molar-refractivity contribution in [3.8, 4) is 0 Å². The topological polar surface area (TPSA) is 61.4 Å². The second kappa shape index (κ2) is 5.85. The van der Waals surface area contributed by atoms with Crippen molar-refractivity contribution in [1.29, 1.82) is 0 Å². The fourth-order valence-electron chi connectivity index (χ4n) is 2.77. The maximum atomic E-state index is 12.0. The van der Waals surface area contributed by atoms with E-state index < -0.39 is 0 Å². The van der Waals surface area contributed by atoms with Gasteiger partial charge in [-0.1, -0.05) is 19.3 Å². The third kappa shape index (κ3) is 2.93. The van der Waals surface area contributed by atoms with Gasteiger partial charge in [0.2, 0.25) is 5.91 Å². The first kappa shape index (κ1) is 13.6. The minimum absolute atomic E-state index is 0.0323. The zero-order chi connectivity index (χ0) is 13.0. The second-order valence-electron chi connectivity index (χ2n) is 5.73. The molecule has 0 aromatic rings. The third-order valence-corrected chi connectivity index (χ3v) is 4.42. The second-order valence-corrected chi connectivity index (χ2v) is 5.73. The van der Waals surface area contributed by atoms with Crippen molar-refractivity contribution in [2.45, 2.75) is 39.0 Å². The molecular weight excluding hydrogens is 228 g/mol. The molecule has 0 spiro atoms. The molecule has 1 saturated heterocycles. The molecule has 1 amide bonds. The van der Waals surface area contributed by atoms with Crippen LogP contribution in [0.15, 0.2) is 11.1 Å². The number of amides is 1. The van der Waals surface area contributed by atoms with Crippen LogP contribution in [0.4, 0.5) is 0 Å². The van der Waals surface area contributed by atoms with Gasteiger partial charge in [-0.25, -0.2) is 0 Å². The molecule has 1 saturated carbocycles. The maximum absolute atomic E-state index is 12.0. The van der Waals surface area contributed by atoms with E-state index in [0.717, 1.165) is 31.5 Å². The standard InChI is InChI=1S/C14H24N2O2/c1-11(12-7-15-8-12)13(18)16-9-14(10-17)5-3-2-4-6-14/h15,17H,2-10H2,1H3,(H,16,18). The number of hydrogen-bond donors (Lipinski definition) is 3. The van der Waals surface area contributed by atoms with Gasteiger partial charge in [0.25, 0.3) is 0 Å². The summed E-state index contributed by atoms with van der Waals surface area (Å²) >= 11 is 0. The predicted octanol–water partition coefficient (Wildman–Crippen LogP) is 0.965. The Kier molecular flexibility index (Phi) is 4.40. The smallest absolute Gasteiger partial charge is 0.246 e. The van der Waals surface area contributed by atoms with E-state index in [1.807, 2.05) is 6.92 Å². The lowest BCUT2D eigenvalue weighted by Gasteiger charge is -2.35. The summed E-state index contributed by atoms with van der Waals surface area (Å²) in [5.74, 6) is 0.0323. The van der Waals surface area contributed by atoms with E-state index in [-0.39, 0.29) is 17.9 Å². The SMILES string of the molecule is CC(C(=O)NCC1(CO)CCCCC1)=C1CNC1. The van der Waals surface area contributed by atoms with E-state index in [4.69, 9.17) is 0 Å². The van der Waals surface area contributed by atoms with Crippen molar-refractivity contribution in [2.75, 3.05) is 26.2 Å². The van der Waals surface area contributed by atoms with Gasteiger partial charge in [-0.2, -0.15) is 0 Å². The largest absolute Gasteiger partial charge is 0.396 e. The number of aliphatic hydroxyl groups is 1. The third-order valence-electron chi connectivity index (χ3n) is 4.42. The zero-order valence-corrected chi connectivity index (χ0v) is 11.2. The van der Waals surface area contributed by atoms with E-state index in [9.17, 15) is 9.90 Å². The van der Waals surface area contributed by atoms with Gasteiger partial charge in [-0.3, -0.25) is 4.79 Å². The molecule has 3 N–H and O–H groups in total. The number of rotatable bonds is 4. The lowest BCUT2D eigenvalue weighted by atomic mass is 9.74. The summed E-state index contributed by atoms with van der Waals surface area (Å²) < 4.78 is 0. The van der Waals surface area contributed by atoms with E-state index >= 15 is 0 Å². The molecule has 2 aliphatic rings. The van der Waals surface area contributed by atoms with Crippen molar-refractivity contribution >= 4 is 5.91 Å². The van der Waals surface area contributed by atoms with Crippen molar-refractivity contribution in [3.05, 3.63) is 11.1 Å². The highest BCUT2D eigenvalue weighted by molar-refractivity contribution is 5.94. The molecule has 0 aromatic carbocycles. The molecule has 1 aliphatic carbocycles. The molecule has 1 heterocycles. The first-order valence-electron chi connectivity index (χ1n) is 6.95. The van der Waals surface area contributed by atoms with Gasteiger partial charge in [-0.05, 0) is 25.3 Å². The molecule has 102 valence electrons. The fourth-order valence-corrected chi connectivity index (χ4v) is 2.77. The molecule has 18 heavy (non-hydrogen) atoms. The van der Waals surface area contributed by atoms with E-state index in [1.165, 1.54) is 24.8 Å². The van der Waals surface area contributed by atoms with Crippen LogP contribution in [0.5, 0.6) is 0 Å². The lowest BCUT2D eigenvalue weighted by Crippen LogP contribution is -2.43. The van der Waals surface area contributed by atoms with Crippen LogP contribution < -0.4 is 10.6 Å². The van der Waals surface area contributed by atoms with E-state index in [0.29, 0.717) is 6.54 Å². The fraction of sp³-hybridized carbons (Fsp3) is 0.786. The number of aliphatic hydroxyl groups excluding tert-OH is 1. The summed E-state index contributed by atoms with van der Waals surface area (Å²) in [6.07, 6.45) is 5.65. The van der Waals surface area contributed by atoms with Crippen LogP contribution in [-0.4, -0.2) is 37.3 Å². The summed E-state index contributed by atoms with van der Waals surface area (Å²) in [6.45, 7) is 4.36. The summed E-state index contributed by atoms with van der Waals surface area (Å²) in [6, 6.07) is 0. The summed E-state index contributed by atoms with van der Waals surface area (Å²) in [5, 5.41) is 15.7. The van der Waals surface area contributed by atoms with Gasteiger partial charge in [0.1, 0.15) is 0 Å². The van der Waals surface area contributed by atoms with Crippen LogP contribution in [-0.2, 0) is 4.79 Å². The van der Waals surface area contributed by atoms with Crippen molar-refractivity contribution in [1.82, 2.24) is 10.6 Å². The van der Waals surface area contributed by atoms with Crippen molar-refractivity contribution < 1.29 is 9.90 Å². The first-order valence-corrected chi connectivity index (χ1v) is 6.95. The molecule has 2 fully saturated rings. The van der Waals surface area contributed by atoms with E-state index in [2.05, 4.69) is 10.6 Å². The van der Waals surface area contributed by atoms with Crippen LogP contribution >= 0.6 is 0 Å². The Bertz CT molecular complexity index is 338.